The van der Waals surface area contributed by atoms with E-state index >= 15 is 0 Å². The van der Waals surface area contributed by atoms with Crippen molar-refractivity contribution in [2.75, 3.05) is 16.4 Å². The maximum absolute atomic E-state index is 13.2. The van der Waals surface area contributed by atoms with Crippen molar-refractivity contribution in [3.8, 4) is 11.3 Å². The zero-order valence-electron chi connectivity index (χ0n) is 23.1. The van der Waals surface area contributed by atoms with Gasteiger partial charge in [-0.25, -0.2) is 4.98 Å². The summed E-state index contributed by atoms with van der Waals surface area (Å²) in [6.07, 6.45) is 4.80. The highest BCUT2D eigenvalue weighted by Crippen LogP contribution is 2.30. The molecule has 0 spiro atoms. The number of anilines is 2. The normalized spacial score (nSPS) is 11.0. The number of aromatic nitrogens is 2. The Morgan fingerprint density at radius 2 is 1.58 bits per heavy atom. The van der Waals surface area contributed by atoms with Crippen molar-refractivity contribution < 1.29 is 14.4 Å². The van der Waals surface area contributed by atoms with Gasteiger partial charge in [0.2, 0.25) is 5.91 Å². The molecular weight excluding hydrogens is 579 g/mol. The third kappa shape index (κ3) is 8.25. The lowest BCUT2D eigenvalue weighted by atomic mass is 10.1. The van der Waals surface area contributed by atoms with Crippen molar-refractivity contribution in [2.24, 2.45) is 0 Å². The van der Waals surface area contributed by atoms with Crippen molar-refractivity contribution in [2.45, 2.75) is 11.8 Å². The quantitative estimate of drug-likeness (QED) is 0.121. The average Bonchev–Trinajstić information content (AvgIpc) is 3.41. The first-order valence-corrected chi connectivity index (χ1v) is 15.1. The monoisotopic (exact) mass is 605 g/mol. The molecule has 0 radical (unpaired) electrons. The minimum atomic E-state index is -0.485. The Bertz CT molecular complexity index is 1740. The third-order valence-electron chi connectivity index (χ3n) is 6.10. The van der Waals surface area contributed by atoms with Crippen LogP contribution in [0.25, 0.3) is 17.3 Å². The molecular formula is C33H27N5O3S2. The van der Waals surface area contributed by atoms with Crippen LogP contribution in [0, 0.1) is 6.92 Å². The zero-order chi connectivity index (χ0) is 30.0. The predicted molar refractivity (Wildman–Crippen MR) is 173 cm³/mol. The second-order valence-corrected chi connectivity index (χ2v) is 11.5. The van der Waals surface area contributed by atoms with Gasteiger partial charge in [0, 0.05) is 39.0 Å². The Morgan fingerprint density at radius 3 is 2.28 bits per heavy atom. The van der Waals surface area contributed by atoms with Gasteiger partial charge in [-0.2, -0.15) is 0 Å². The van der Waals surface area contributed by atoms with Crippen LogP contribution in [0.2, 0.25) is 0 Å². The summed E-state index contributed by atoms with van der Waals surface area (Å²) in [6.45, 7) is 1.99. The second-order valence-electron chi connectivity index (χ2n) is 9.27. The number of amides is 3. The average molecular weight is 606 g/mol. The van der Waals surface area contributed by atoms with Gasteiger partial charge in [0.1, 0.15) is 5.70 Å². The fourth-order valence-corrected chi connectivity index (χ4v) is 5.57. The summed E-state index contributed by atoms with van der Waals surface area (Å²) in [5.74, 6) is -0.842. The van der Waals surface area contributed by atoms with Crippen molar-refractivity contribution in [1.29, 1.82) is 0 Å². The highest BCUT2D eigenvalue weighted by atomic mass is 32.2. The maximum atomic E-state index is 13.2. The minimum absolute atomic E-state index is 0.0739. The molecule has 2 aromatic heterocycles. The molecule has 214 valence electrons. The second kappa shape index (κ2) is 14.2. The fraction of sp³-hybridized carbons (Fsp3) is 0.0606. The molecule has 0 unspecified atom stereocenters. The van der Waals surface area contributed by atoms with Gasteiger partial charge in [0.05, 0.1) is 11.4 Å². The van der Waals surface area contributed by atoms with E-state index in [4.69, 9.17) is 0 Å². The van der Waals surface area contributed by atoms with Crippen molar-refractivity contribution >= 4 is 57.7 Å². The fourth-order valence-electron chi connectivity index (χ4n) is 4.02. The van der Waals surface area contributed by atoms with Crippen LogP contribution in [0.3, 0.4) is 0 Å². The number of nitrogens with zero attached hydrogens (tertiary/aromatic N) is 2. The highest BCUT2D eigenvalue weighted by Gasteiger charge is 2.16. The lowest BCUT2D eigenvalue weighted by molar-refractivity contribution is -0.114. The molecule has 10 heteroatoms. The number of thiazole rings is 1. The molecule has 0 saturated heterocycles. The molecule has 5 aromatic rings. The molecule has 0 aliphatic rings. The number of benzene rings is 3. The van der Waals surface area contributed by atoms with E-state index in [1.807, 2.05) is 55.5 Å². The molecule has 0 aliphatic carbocycles. The summed E-state index contributed by atoms with van der Waals surface area (Å²) in [4.78, 5) is 49.1. The molecule has 0 aliphatic heterocycles. The molecule has 0 atom stereocenters. The standard InChI is InChI=1S/C33H27N5O3S2/c1-22-30(24-10-4-2-5-11-24)38-33(43-22)37-29(39)21-42-27-16-14-26(15-17-27)35-32(41)28(19-23-9-8-18-34-20-23)36-31(40)25-12-6-3-7-13-25/h2-20H,21H2,1H3,(H,35,41)(H,36,40)(H,37,38,39)/b28-19-. The number of rotatable bonds is 10. The Hall–Kier alpha value is -5.06. The molecule has 2 heterocycles. The molecule has 3 aromatic carbocycles. The van der Waals surface area contributed by atoms with E-state index in [-0.39, 0.29) is 17.4 Å². The van der Waals surface area contributed by atoms with Crippen molar-refractivity contribution in [3.05, 3.63) is 131 Å². The summed E-state index contributed by atoms with van der Waals surface area (Å²) in [6, 6.07) is 29.2. The van der Waals surface area contributed by atoms with Gasteiger partial charge < -0.3 is 16.0 Å². The molecule has 0 saturated carbocycles. The van der Waals surface area contributed by atoms with Crippen LogP contribution in [0.1, 0.15) is 20.8 Å². The number of hydrogen-bond donors (Lipinski definition) is 3. The first-order valence-electron chi connectivity index (χ1n) is 13.3. The Balaban J connectivity index is 1.18. The highest BCUT2D eigenvalue weighted by molar-refractivity contribution is 8.00. The molecule has 3 amide bonds. The zero-order valence-corrected chi connectivity index (χ0v) is 24.7. The SMILES string of the molecule is Cc1sc(NC(=O)CSc2ccc(NC(=O)/C(=C/c3cccnc3)NC(=O)c3ccccc3)cc2)nc1-c1ccccc1. The first-order chi connectivity index (χ1) is 20.9. The molecule has 0 bridgehead atoms. The van der Waals surface area contributed by atoms with Crippen LogP contribution >= 0.6 is 23.1 Å². The topological polar surface area (TPSA) is 113 Å². The van der Waals surface area contributed by atoms with E-state index in [2.05, 4.69) is 25.9 Å². The van der Waals surface area contributed by atoms with E-state index in [1.54, 1.807) is 67.0 Å². The van der Waals surface area contributed by atoms with Gasteiger partial charge in [-0.15, -0.1) is 23.1 Å². The number of carbonyl (C=O) groups is 3. The summed E-state index contributed by atoms with van der Waals surface area (Å²) in [5.41, 5.74) is 3.58. The minimum Gasteiger partial charge on any atom is -0.321 e. The number of hydrogen-bond acceptors (Lipinski definition) is 7. The van der Waals surface area contributed by atoms with Crippen molar-refractivity contribution in [1.82, 2.24) is 15.3 Å². The lowest BCUT2D eigenvalue weighted by Crippen LogP contribution is -2.30. The summed E-state index contributed by atoms with van der Waals surface area (Å²) in [5, 5.41) is 8.99. The summed E-state index contributed by atoms with van der Waals surface area (Å²) < 4.78 is 0. The van der Waals surface area contributed by atoms with Gasteiger partial charge in [-0.3, -0.25) is 19.4 Å². The van der Waals surface area contributed by atoms with Crippen LogP contribution in [0.15, 0.2) is 120 Å². The van der Waals surface area contributed by atoms with Gasteiger partial charge in [-0.05, 0) is 61.0 Å². The summed E-state index contributed by atoms with van der Waals surface area (Å²) >= 11 is 2.82. The smallest absolute Gasteiger partial charge is 0.272 e. The largest absolute Gasteiger partial charge is 0.321 e. The first kappa shape index (κ1) is 29.4. The van der Waals surface area contributed by atoms with Gasteiger partial charge in [0.25, 0.3) is 11.8 Å². The van der Waals surface area contributed by atoms with Gasteiger partial charge in [0.15, 0.2) is 5.13 Å². The predicted octanol–water partition coefficient (Wildman–Crippen LogP) is 6.65. The third-order valence-corrected chi connectivity index (χ3v) is 7.99. The number of nitrogens with one attached hydrogen (secondary N) is 3. The summed E-state index contributed by atoms with van der Waals surface area (Å²) in [7, 11) is 0. The van der Waals surface area contributed by atoms with Crippen LogP contribution in [-0.2, 0) is 9.59 Å². The maximum Gasteiger partial charge on any atom is 0.272 e. The van der Waals surface area contributed by atoms with Gasteiger partial charge in [-0.1, -0.05) is 54.6 Å². The van der Waals surface area contributed by atoms with Crippen molar-refractivity contribution in [3.63, 3.8) is 0 Å². The van der Waals surface area contributed by atoms with E-state index in [9.17, 15) is 14.4 Å². The Labute approximate surface area is 257 Å². The van der Waals surface area contributed by atoms with E-state index in [0.29, 0.717) is 21.9 Å². The molecule has 8 nitrogen and oxygen atoms in total. The number of carbonyl (C=O) groups excluding carboxylic acids is 3. The van der Waals surface area contributed by atoms with Crippen LogP contribution in [0.5, 0.6) is 0 Å². The molecule has 0 fully saturated rings. The Kier molecular flexibility index (Phi) is 9.73. The Morgan fingerprint density at radius 1 is 0.860 bits per heavy atom. The van der Waals surface area contributed by atoms with E-state index in [0.717, 1.165) is 21.0 Å². The number of aryl methyl sites for hydroxylation is 1. The van der Waals surface area contributed by atoms with E-state index in [1.165, 1.54) is 23.1 Å². The van der Waals surface area contributed by atoms with Crippen LogP contribution in [-0.4, -0.2) is 33.4 Å². The lowest BCUT2D eigenvalue weighted by Gasteiger charge is -2.12. The number of thioether (sulfide) groups is 1. The molecule has 43 heavy (non-hydrogen) atoms. The van der Waals surface area contributed by atoms with Gasteiger partial charge >= 0.3 is 0 Å². The van der Waals surface area contributed by atoms with E-state index < -0.39 is 11.8 Å². The number of pyridine rings is 1. The molecule has 5 rings (SSSR count). The molecule has 3 N–H and O–H groups in total. The van der Waals surface area contributed by atoms with Crippen LogP contribution in [0.4, 0.5) is 10.8 Å². The van der Waals surface area contributed by atoms with Crippen LogP contribution < -0.4 is 16.0 Å².